The molecule has 0 saturated heterocycles. The minimum Gasteiger partial charge on any atom is -0.370 e. The maximum atomic E-state index is 11.3. The van der Waals surface area contributed by atoms with Crippen LogP contribution in [-0.4, -0.2) is 17.5 Å². The highest BCUT2D eigenvalue weighted by molar-refractivity contribution is 6.17. The Kier molecular flexibility index (Phi) is 3.97. The average Bonchev–Trinajstić information content (AvgIpc) is 2.17. The fourth-order valence-corrected chi connectivity index (χ4v) is 1.37. The third-order valence-corrected chi connectivity index (χ3v) is 2.15. The first-order chi connectivity index (χ1) is 7.09. The molecule has 0 unspecified atom stereocenters. The van der Waals surface area contributed by atoms with Crippen LogP contribution in [0.5, 0.6) is 0 Å². The van der Waals surface area contributed by atoms with Gasteiger partial charge in [-0.25, -0.2) is 0 Å². The van der Waals surface area contributed by atoms with Crippen LogP contribution in [0.15, 0.2) is 23.8 Å². The first kappa shape index (κ1) is 11.4. The number of ketones is 2. The van der Waals surface area contributed by atoms with Gasteiger partial charge in [-0.15, -0.1) is 0 Å². The van der Waals surface area contributed by atoms with Crippen molar-refractivity contribution in [2.24, 2.45) is 5.73 Å². The Morgan fingerprint density at radius 3 is 2.60 bits per heavy atom. The fraction of sp³-hybridized carbons (Fsp3) is 0.364. The van der Waals surface area contributed by atoms with Crippen molar-refractivity contribution < 1.29 is 14.4 Å². The van der Waals surface area contributed by atoms with E-state index in [-0.39, 0.29) is 17.5 Å². The van der Waals surface area contributed by atoms with Crippen LogP contribution in [0.3, 0.4) is 0 Å². The van der Waals surface area contributed by atoms with Gasteiger partial charge in [0.15, 0.2) is 11.6 Å². The third kappa shape index (κ3) is 3.89. The SMILES string of the molecule is NC(=O)CCCCC1=CC(=O)C=CC1=O. The normalized spacial score (nSPS) is 15.3. The van der Waals surface area contributed by atoms with E-state index < -0.39 is 0 Å². The molecule has 1 amide bonds. The summed E-state index contributed by atoms with van der Waals surface area (Å²) in [5, 5.41) is 0. The van der Waals surface area contributed by atoms with E-state index in [2.05, 4.69) is 0 Å². The van der Waals surface area contributed by atoms with Crippen LogP contribution in [0, 0.1) is 0 Å². The van der Waals surface area contributed by atoms with Crippen LogP contribution in [0.4, 0.5) is 0 Å². The number of hydrogen-bond acceptors (Lipinski definition) is 3. The zero-order valence-electron chi connectivity index (χ0n) is 8.36. The Hall–Kier alpha value is -1.71. The standard InChI is InChI=1S/C11H13NO3/c12-11(15)4-2-1-3-8-7-9(13)5-6-10(8)14/h5-7H,1-4H2,(H2,12,15). The molecule has 4 nitrogen and oxygen atoms in total. The molecule has 4 heteroatoms. The molecule has 0 aromatic carbocycles. The zero-order valence-corrected chi connectivity index (χ0v) is 8.36. The molecular weight excluding hydrogens is 194 g/mol. The first-order valence-electron chi connectivity index (χ1n) is 4.85. The van der Waals surface area contributed by atoms with Crippen molar-refractivity contribution in [3.8, 4) is 0 Å². The number of amides is 1. The molecule has 1 aliphatic carbocycles. The molecule has 0 aromatic heterocycles. The van der Waals surface area contributed by atoms with Gasteiger partial charge in [0.05, 0.1) is 0 Å². The topological polar surface area (TPSA) is 77.2 Å². The van der Waals surface area contributed by atoms with Crippen LogP contribution < -0.4 is 5.73 Å². The summed E-state index contributed by atoms with van der Waals surface area (Å²) in [4.78, 5) is 32.7. The molecule has 0 atom stereocenters. The molecule has 0 fully saturated rings. The monoisotopic (exact) mass is 207 g/mol. The van der Waals surface area contributed by atoms with E-state index in [4.69, 9.17) is 5.73 Å². The van der Waals surface area contributed by atoms with Crippen molar-refractivity contribution in [1.82, 2.24) is 0 Å². The predicted octanol–water partition coefficient (Wildman–Crippen LogP) is 0.666. The summed E-state index contributed by atoms with van der Waals surface area (Å²) in [5.74, 6) is -0.608. The van der Waals surface area contributed by atoms with Crippen molar-refractivity contribution in [2.75, 3.05) is 0 Å². The predicted molar refractivity (Wildman–Crippen MR) is 54.9 cm³/mol. The highest BCUT2D eigenvalue weighted by Gasteiger charge is 2.12. The fourth-order valence-electron chi connectivity index (χ4n) is 1.37. The number of rotatable bonds is 5. The molecule has 80 valence electrons. The highest BCUT2D eigenvalue weighted by atomic mass is 16.1. The average molecular weight is 207 g/mol. The first-order valence-corrected chi connectivity index (χ1v) is 4.85. The number of hydrogen-bond donors (Lipinski definition) is 1. The van der Waals surface area contributed by atoms with Crippen molar-refractivity contribution in [1.29, 1.82) is 0 Å². The van der Waals surface area contributed by atoms with Gasteiger partial charge in [-0.3, -0.25) is 14.4 Å². The zero-order chi connectivity index (χ0) is 11.3. The molecule has 0 spiro atoms. The summed E-state index contributed by atoms with van der Waals surface area (Å²) in [5.41, 5.74) is 5.50. The van der Waals surface area contributed by atoms with Crippen molar-refractivity contribution >= 4 is 17.5 Å². The summed E-state index contributed by atoms with van der Waals surface area (Å²) < 4.78 is 0. The lowest BCUT2D eigenvalue weighted by molar-refractivity contribution is -0.118. The Balaban J connectivity index is 2.35. The highest BCUT2D eigenvalue weighted by Crippen LogP contribution is 2.13. The van der Waals surface area contributed by atoms with Crippen LogP contribution in [0.2, 0.25) is 0 Å². The van der Waals surface area contributed by atoms with Crippen LogP contribution in [0.25, 0.3) is 0 Å². The summed E-state index contributed by atoms with van der Waals surface area (Å²) in [6, 6.07) is 0. The number of carbonyl (C=O) groups excluding carboxylic acids is 3. The lowest BCUT2D eigenvalue weighted by Crippen LogP contribution is -2.10. The van der Waals surface area contributed by atoms with Gasteiger partial charge in [0.25, 0.3) is 0 Å². The van der Waals surface area contributed by atoms with Gasteiger partial charge in [0.2, 0.25) is 5.91 Å². The van der Waals surface area contributed by atoms with Crippen molar-refractivity contribution in [2.45, 2.75) is 25.7 Å². The minimum atomic E-state index is -0.338. The molecule has 0 saturated carbocycles. The Morgan fingerprint density at radius 2 is 1.93 bits per heavy atom. The second kappa shape index (κ2) is 5.24. The Morgan fingerprint density at radius 1 is 1.20 bits per heavy atom. The van der Waals surface area contributed by atoms with Crippen LogP contribution in [0.1, 0.15) is 25.7 Å². The van der Waals surface area contributed by atoms with Crippen molar-refractivity contribution in [3.05, 3.63) is 23.8 Å². The summed E-state index contributed by atoms with van der Waals surface area (Å²) in [6.07, 6.45) is 6.10. The number of allylic oxidation sites excluding steroid dienone is 4. The van der Waals surface area contributed by atoms with Gasteiger partial charge in [-0.1, -0.05) is 0 Å². The summed E-state index contributed by atoms with van der Waals surface area (Å²) in [7, 11) is 0. The molecule has 15 heavy (non-hydrogen) atoms. The lowest BCUT2D eigenvalue weighted by atomic mass is 9.98. The van der Waals surface area contributed by atoms with E-state index in [1.165, 1.54) is 18.2 Å². The summed E-state index contributed by atoms with van der Waals surface area (Å²) in [6.45, 7) is 0. The Labute approximate surface area is 87.8 Å². The number of primary amides is 1. The molecular formula is C11H13NO3. The number of nitrogens with two attached hydrogens (primary N) is 1. The lowest BCUT2D eigenvalue weighted by Gasteiger charge is -2.05. The van der Waals surface area contributed by atoms with E-state index in [0.717, 1.165) is 0 Å². The van der Waals surface area contributed by atoms with Gasteiger partial charge in [0.1, 0.15) is 0 Å². The third-order valence-electron chi connectivity index (χ3n) is 2.15. The van der Waals surface area contributed by atoms with Gasteiger partial charge in [-0.05, 0) is 37.5 Å². The summed E-state index contributed by atoms with van der Waals surface area (Å²) >= 11 is 0. The molecule has 0 bridgehead atoms. The second-order valence-electron chi connectivity index (χ2n) is 3.44. The molecule has 0 radical (unpaired) electrons. The molecule has 0 aliphatic heterocycles. The van der Waals surface area contributed by atoms with Gasteiger partial charge >= 0.3 is 0 Å². The van der Waals surface area contributed by atoms with E-state index >= 15 is 0 Å². The van der Waals surface area contributed by atoms with E-state index in [9.17, 15) is 14.4 Å². The smallest absolute Gasteiger partial charge is 0.217 e. The maximum Gasteiger partial charge on any atom is 0.217 e. The quantitative estimate of drug-likeness (QED) is 0.531. The molecule has 1 rings (SSSR count). The maximum absolute atomic E-state index is 11.3. The van der Waals surface area contributed by atoms with Gasteiger partial charge in [0, 0.05) is 12.0 Å². The largest absolute Gasteiger partial charge is 0.370 e. The minimum absolute atomic E-state index is 0.117. The van der Waals surface area contributed by atoms with E-state index in [0.29, 0.717) is 31.3 Å². The molecule has 0 aromatic rings. The molecule has 2 N–H and O–H groups in total. The van der Waals surface area contributed by atoms with Crippen molar-refractivity contribution in [3.63, 3.8) is 0 Å². The van der Waals surface area contributed by atoms with Gasteiger partial charge < -0.3 is 5.73 Å². The van der Waals surface area contributed by atoms with Crippen LogP contribution >= 0.6 is 0 Å². The molecule has 0 heterocycles. The van der Waals surface area contributed by atoms with E-state index in [1.54, 1.807) is 0 Å². The molecule has 1 aliphatic rings. The number of unbranched alkanes of at least 4 members (excludes halogenated alkanes) is 1. The second-order valence-corrected chi connectivity index (χ2v) is 3.44. The van der Waals surface area contributed by atoms with Crippen LogP contribution in [-0.2, 0) is 14.4 Å². The Bertz CT molecular complexity index is 353. The number of carbonyl (C=O) groups is 3. The van der Waals surface area contributed by atoms with E-state index in [1.807, 2.05) is 0 Å². The van der Waals surface area contributed by atoms with Gasteiger partial charge in [-0.2, -0.15) is 0 Å².